The summed E-state index contributed by atoms with van der Waals surface area (Å²) in [5, 5.41) is 13.6. The third-order valence-electron chi connectivity index (χ3n) is 10.3. The molecule has 1 unspecified atom stereocenters. The summed E-state index contributed by atoms with van der Waals surface area (Å²) in [5.74, 6) is 2.62. The van der Waals surface area contributed by atoms with E-state index in [1.165, 1.54) is 24.8 Å². The fourth-order valence-corrected chi connectivity index (χ4v) is 7.71. The lowest BCUT2D eigenvalue weighted by Crippen LogP contribution is -2.19. The lowest BCUT2D eigenvalue weighted by atomic mass is 9.93. The fraction of sp³-hybridized carbons (Fsp3) is 0.341. The molecule has 1 N–H and O–H groups in total. The molecule has 0 radical (unpaired) electrons. The van der Waals surface area contributed by atoms with Crippen molar-refractivity contribution >= 4 is 33.6 Å². The molecule has 6 aromatic rings. The zero-order valence-corrected chi connectivity index (χ0v) is 29.3. The highest BCUT2D eigenvalue weighted by molar-refractivity contribution is 5.89. The van der Waals surface area contributed by atoms with Crippen LogP contribution in [0.1, 0.15) is 59.8 Å². The Kier molecular flexibility index (Phi) is 8.51. The van der Waals surface area contributed by atoms with Crippen molar-refractivity contribution < 1.29 is 4.42 Å². The first-order valence-corrected chi connectivity index (χ1v) is 17.7. The van der Waals surface area contributed by atoms with Gasteiger partial charge in [-0.3, -0.25) is 14.8 Å². The number of nitrogens with zero attached hydrogens (tertiary/aromatic N) is 7. The minimum atomic E-state index is 0.521. The van der Waals surface area contributed by atoms with Gasteiger partial charge in [0.25, 0.3) is 0 Å². The first-order chi connectivity index (χ1) is 24.3. The number of pyridine rings is 1. The molecule has 1 atom stereocenters. The number of nitriles is 1. The van der Waals surface area contributed by atoms with Gasteiger partial charge in [0.15, 0.2) is 11.4 Å². The molecule has 0 amide bonds. The van der Waals surface area contributed by atoms with Crippen molar-refractivity contribution in [2.24, 2.45) is 5.92 Å². The Balaban J connectivity index is 1.10. The van der Waals surface area contributed by atoms with Crippen LogP contribution in [0.25, 0.3) is 44.7 Å². The number of likely N-dealkylation sites (tertiary alicyclic amines) is 2. The maximum Gasteiger partial charge on any atom is 0.227 e. The number of aryl methyl sites for hydroxylation is 1. The summed E-state index contributed by atoms with van der Waals surface area (Å²) < 4.78 is 6.34. The number of rotatable bonds is 8. The molecule has 0 bridgehead atoms. The molecule has 2 aliphatic rings. The van der Waals surface area contributed by atoms with Crippen molar-refractivity contribution in [3.05, 3.63) is 94.4 Å². The van der Waals surface area contributed by atoms with E-state index in [9.17, 15) is 5.26 Å². The topological polar surface area (TPSA) is 107 Å². The van der Waals surface area contributed by atoms with Crippen molar-refractivity contribution in [1.29, 1.82) is 5.26 Å². The van der Waals surface area contributed by atoms with E-state index in [2.05, 4.69) is 78.4 Å². The molecule has 3 aromatic heterocycles. The highest BCUT2D eigenvalue weighted by atomic mass is 16.3. The van der Waals surface area contributed by atoms with Gasteiger partial charge in [0.2, 0.25) is 5.89 Å². The van der Waals surface area contributed by atoms with Gasteiger partial charge in [-0.05, 0) is 129 Å². The standard InChI is InChI=1S/C41H42N8O/c1-25-13-16-49(22-25)23-29-17-31(20-42)39-37(18-29)47-41(50-39)34-11-7-9-32(26(34)2)33-10-8-12-35(27(33)3)46-40-38-36(44-28(4)45-40)19-30(21-43-38)24-48-14-5-6-15-48/h7-12,17-19,21,25H,5-6,13-16,22-24H2,1-4H3,(H,44,45,46). The molecule has 50 heavy (non-hydrogen) atoms. The largest absolute Gasteiger partial charge is 0.435 e. The van der Waals surface area contributed by atoms with Gasteiger partial charge in [-0.25, -0.2) is 15.0 Å². The molecule has 0 saturated carbocycles. The molecular weight excluding hydrogens is 621 g/mol. The van der Waals surface area contributed by atoms with Gasteiger partial charge < -0.3 is 9.73 Å². The van der Waals surface area contributed by atoms with Crippen LogP contribution in [0.3, 0.4) is 0 Å². The molecule has 0 aliphatic carbocycles. The second-order valence-electron chi connectivity index (χ2n) is 14.1. The second-order valence-corrected chi connectivity index (χ2v) is 14.1. The number of benzene rings is 3. The number of nitrogens with one attached hydrogen (secondary N) is 1. The molecule has 2 saturated heterocycles. The van der Waals surface area contributed by atoms with Crippen molar-refractivity contribution in [2.75, 3.05) is 31.5 Å². The highest BCUT2D eigenvalue weighted by Gasteiger charge is 2.22. The van der Waals surface area contributed by atoms with E-state index in [0.717, 1.165) is 94.9 Å². The molecule has 3 aromatic carbocycles. The van der Waals surface area contributed by atoms with Crippen LogP contribution >= 0.6 is 0 Å². The number of aromatic nitrogens is 4. The SMILES string of the molecule is Cc1nc(Nc2cccc(-c3cccc(-c4nc5cc(CN6CCC(C)C6)cc(C#N)c5o4)c3C)c2C)c2ncc(CN3CCCC3)cc2n1. The Hall–Kier alpha value is -5.17. The van der Waals surface area contributed by atoms with Gasteiger partial charge in [-0.2, -0.15) is 5.26 Å². The minimum Gasteiger partial charge on any atom is -0.435 e. The second kappa shape index (κ2) is 13.3. The molecule has 252 valence electrons. The molecule has 2 fully saturated rings. The van der Waals surface area contributed by atoms with Crippen molar-refractivity contribution in [3.63, 3.8) is 0 Å². The van der Waals surface area contributed by atoms with E-state index in [-0.39, 0.29) is 0 Å². The van der Waals surface area contributed by atoms with Crippen LogP contribution in [0, 0.1) is 38.0 Å². The van der Waals surface area contributed by atoms with Gasteiger partial charge in [0.05, 0.1) is 11.1 Å². The van der Waals surface area contributed by atoms with Crippen LogP contribution in [-0.2, 0) is 13.1 Å². The van der Waals surface area contributed by atoms with Crippen molar-refractivity contribution in [3.8, 4) is 28.7 Å². The Morgan fingerprint density at radius 2 is 1.58 bits per heavy atom. The first kappa shape index (κ1) is 32.1. The number of fused-ring (bicyclic) bond motifs is 2. The maximum absolute atomic E-state index is 10.0. The molecular formula is C41H42N8O. The predicted molar refractivity (Wildman–Crippen MR) is 198 cm³/mol. The Morgan fingerprint density at radius 1 is 0.840 bits per heavy atom. The van der Waals surface area contributed by atoms with Gasteiger partial charge >= 0.3 is 0 Å². The van der Waals surface area contributed by atoms with Crippen LogP contribution in [0.4, 0.5) is 11.5 Å². The average Bonchev–Trinajstić information content (AvgIpc) is 3.87. The number of hydrogen-bond donors (Lipinski definition) is 1. The van der Waals surface area contributed by atoms with E-state index in [0.29, 0.717) is 34.6 Å². The Labute approximate surface area is 293 Å². The van der Waals surface area contributed by atoms with E-state index in [1.807, 2.05) is 31.3 Å². The minimum absolute atomic E-state index is 0.521. The number of anilines is 2. The zero-order valence-electron chi connectivity index (χ0n) is 29.3. The normalized spacial score (nSPS) is 16.8. The summed E-state index contributed by atoms with van der Waals surface area (Å²) in [6, 6.07) is 21.0. The summed E-state index contributed by atoms with van der Waals surface area (Å²) in [7, 11) is 0. The van der Waals surface area contributed by atoms with E-state index in [1.54, 1.807) is 0 Å². The summed E-state index contributed by atoms with van der Waals surface area (Å²) >= 11 is 0. The highest BCUT2D eigenvalue weighted by Crippen LogP contribution is 2.38. The van der Waals surface area contributed by atoms with E-state index in [4.69, 9.17) is 24.4 Å². The summed E-state index contributed by atoms with van der Waals surface area (Å²) in [6.07, 6.45) is 5.70. The monoisotopic (exact) mass is 662 g/mol. The van der Waals surface area contributed by atoms with Crippen LogP contribution in [-0.4, -0.2) is 55.9 Å². The molecule has 9 nitrogen and oxygen atoms in total. The van der Waals surface area contributed by atoms with Crippen molar-refractivity contribution in [1.82, 2.24) is 29.7 Å². The van der Waals surface area contributed by atoms with Crippen LogP contribution in [0.15, 0.2) is 65.2 Å². The van der Waals surface area contributed by atoms with Gasteiger partial charge in [-0.15, -0.1) is 0 Å². The van der Waals surface area contributed by atoms with Gasteiger partial charge in [0, 0.05) is 37.1 Å². The van der Waals surface area contributed by atoms with Crippen LogP contribution in [0.5, 0.6) is 0 Å². The average molecular weight is 663 g/mol. The van der Waals surface area contributed by atoms with E-state index < -0.39 is 0 Å². The molecule has 0 spiro atoms. The smallest absolute Gasteiger partial charge is 0.227 e. The first-order valence-electron chi connectivity index (χ1n) is 17.7. The van der Waals surface area contributed by atoms with E-state index >= 15 is 0 Å². The molecule has 5 heterocycles. The maximum atomic E-state index is 10.0. The van der Waals surface area contributed by atoms with Gasteiger partial charge in [0.1, 0.15) is 22.9 Å². The third kappa shape index (κ3) is 6.21. The zero-order chi connectivity index (χ0) is 34.4. The lowest BCUT2D eigenvalue weighted by molar-refractivity contribution is 0.320. The predicted octanol–water partition coefficient (Wildman–Crippen LogP) is 8.48. The van der Waals surface area contributed by atoms with Crippen LogP contribution < -0.4 is 5.32 Å². The summed E-state index contributed by atoms with van der Waals surface area (Å²) in [4.78, 5) is 24.2. The molecule has 2 aliphatic heterocycles. The van der Waals surface area contributed by atoms with Crippen LogP contribution in [0.2, 0.25) is 0 Å². The summed E-state index contributed by atoms with van der Waals surface area (Å²) in [6.45, 7) is 14.6. The van der Waals surface area contributed by atoms with Gasteiger partial charge in [-0.1, -0.05) is 31.2 Å². The Bertz CT molecular complexity index is 2280. The molecule has 8 rings (SSSR count). The number of oxazole rings is 1. The lowest BCUT2D eigenvalue weighted by Gasteiger charge is -2.17. The number of hydrogen-bond acceptors (Lipinski definition) is 9. The third-order valence-corrected chi connectivity index (χ3v) is 10.3. The quantitative estimate of drug-likeness (QED) is 0.172. The molecule has 9 heteroatoms. The Morgan fingerprint density at radius 3 is 2.36 bits per heavy atom. The fourth-order valence-electron chi connectivity index (χ4n) is 7.71. The van der Waals surface area contributed by atoms with Crippen molar-refractivity contribution in [2.45, 2.75) is 60.0 Å². The summed E-state index contributed by atoms with van der Waals surface area (Å²) in [5.41, 5.74) is 11.9.